The molecule has 2 aliphatic heterocycles. The maximum Gasteiger partial charge on any atom is 0.323 e. The molecular weight excluding hydrogens is 306 g/mol. The first kappa shape index (κ1) is 19.2. The third-order valence-corrected chi connectivity index (χ3v) is 5.17. The molecule has 2 N–H and O–H groups in total. The van der Waals surface area contributed by atoms with Crippen molar-refractivity contribution in [1.82, 2.24) is 9.80 Å². The number of esters is 1. The maximum atomic E-state index is 12.4. The quantitative estimate of drug-likeness (QED) is 0.538. The lowest BCUT2D eigenvalue weighted by Gasteiger charge is -2.40. The highest BCUT2D eigenvalue weighted by Gasteiger charge is 2.32. The van der Waals surface area contributed by atoms with Crippen LogP contribution in [-0.4, -0.2) is 60.6 Å². The van der Waals surface area contributed by atoms with Gasteiger partial charge in [0, 0.05) is 13.1 Å². The third kappa shape index (κ3) is 5.74. The fraction of sp³-hybridized carbons (Fsp3) is 0.889. The molecule has 0 spiro atoms. The van der Waals surface area contributed by atoms with Crippen molar-refractivity contribution in [3.63, 3.8) is 0 Å². The second-order valence-corrected chi connectivity index (χ2v) is 7.16. The van der Waals surface area contributed by atoms with E-state index in [4.69, 9.17) is 10.5 Å². The van der Waals surface area contributed by atoms with Gasteiger partial charge in [-0.3, -0.25) is 19.4 Å². The number of carbonyl (C=O) groups is 2. The van der Waals surface area contributed by atoms with E-state index in [-0.39, 0.29) is 23.8 Å². The fourth-order valence-electron chi connectivity index (χ4n) is 3.72. The largest absolute Gasteiger partial charge is 0.465 e. The topological polar surface area (TPSA) is 75.9 Å². The van der Waals surface area contributed by atoms with Crippen LogP contribution in [0.15, 0.2) is 0 Å². The zero-order valence-electron chi connectivity index (χ0n) is 15.0. The second kappa shape index (κ2) is 9.99. The fourth-order valence-corrected chi connectivity index (χ4v) is 3.72. The van der Waals surface area contributed by atoms with Crippen LogP contribution < -0.4 is 5.73 Å². The molecule has 1 amide bonds. The van der Waals surface area contributed by atoms with E-state index in [2.05, 4.69) is 16.7 Å². The molecule has 1 unspecified atom stereocenters. The van der Waals surface area contributed by atoms with Crippen molar-refractivity contribution in [2.75, 3.05) is 32.9 Å². The van der Waals surface area contributed by atoms with Crippen molar-refractivity contribution in [2.24, 2.45) is 11.7 Å². The van der Waals surface area contributed by atoms with Crippen LogP contribution in [0.3, 0.4) is 0 Å². The smallest absolute Gasteiger partial charge is 0.323 e. The Morgan fingerprint density at radius 2 is 1.96 bits per heavy atom. The molecule has 6 heteroatoms. The van der Waals surface area contributed by atoms with Crippen LogP contribution in [0.4, 0.5) is 0 Å². The monoisotopic (exact) mass is 339 g/mol. The van der Waals surface area contributed by atoms with E-state index in [0.29, 0.717) is 13.2 Å². The summed E-state index contributed by atoms with van der Waals surface area (Å²) in [6.45, 7) is 6.01. The van der Waals surface area contributed by atoms with Crippen molar-refractivity contribution in [1.29, 1.82) is 0 Å². The highest BCUT2D eigenvalue weighted by atomic mass is 16.5. The van der Waals surface area contributed by atoms with Crippen molar-refractivity contribution in [2.45, 2.75) is 64.3 Å². The molecule has 2 atom stereocenters. The Balaban J connectivity index is 1.84. The van der Waals surface area contributed by atoms with Crippen LogP contribution in [0.1, 0.15) is 58.3 Å². The first-order valence-electron chi connectivity index (χ1n) is 9.54. The van der Waals surface area contributed by atoms with Gasteiger partial charge in [-0.2, -0.15) is 0 Å². The standard InChI is InChI=1S/C18H33N3O3/c1-2-3-6-12-24-18(23)16-9-4-5-11-21(16)14-20-10-7-8-15(13-20)17(19)22/h15-16H,2-14H2,1H3,(H2,19,22)/t15?,16-/m0/s1. The molecule has 0 aromatic carbocycles. The summed E-state index contributed by atoms with van der Waals surface area (Å²) in [5.41, 5.74) is 5.46. The molecule has 0 bridgehead atoms. The molecule has 0 aromatic heterocycles. The van der Waals surface area contributed by atoms with Crippen LogP contribution in [-0.2, 0) is 14.3 Å². The van der Waals surface area contributed by atoms with Gasteiger partial charge in [0.05, 0.1) is 19.2 Å². The zero-order chi connectivity index (χ0) is 17.4. The number of hydrogen-bond acceptors (Lipinski definition) is 5. The molecule has 0 aliphatic carbocycles. The average Bonchev–Trinajstić information content (AvgIpc) is 2.59. The number of unbranched alkanes of at least 4 members (excludes halogenated alkanes) is 2. The van der Waals surface area contributed by atoms with Gasteiger partial charge in [-0.25, -0.2) is 0 Å². The predicted molar refractivity (Wildman–Crippen MR) is 93.2 cm³/mol. The zero-order valence-corrected chi connectivity index (χ0v) is 15.0. The van der Waals surface area contributed by atoms with Crippen molar-refractivity contribution in [3.8, 4) is 0 Å². The van der Waals surface area contributed by atoms with E-state index >= 15 is 0 Å². The van der Waals surface area contributed by atoms with Gasteiger partial charge in [0.15, 0.2) is 0 Å². The molecule has 2 fully saturated rings. The summed E-state index contributed by atoms with van der Waals surface area (Å²) in [7, 11) is 0. The minimum absolute atomic E-state index is 0.0528. The molecular formula is C18H33N3O3. The highest BCUT2D eigenvalue weighted by Crippen LogP contribution is 2.22. The minimum Gasteiger partial charge on any atom is -0.465 e. The van der Waals surface area contributed by atoms with E-state index in [1.54, 1.807) is 0 Å². The van der Waals surface area contributed by atoms with Gasteiger partial charge in [0.25, 0.3) is 0 Å². The number of rotatable bonds is 8. The lowest BCUT2D eigenvalue weighted by molar-refractivity contribution is -0.153. The Hall–Kier alpha value is -1.14. The second-order valence-electron chi connectivity index (χ2n) is 7.16. The molecule has 0 saturated carbocycles. The Kier molecular flexibility index (Phi) is 7.99. The van der Waals surface area contributed by atoms with Gasteiger partial charge < -0.3 is 10.5 Å². The number of amides is 1. The SMILES string of the molecule is CCCCCOC(=O)[C@@H]1CCCCN1CN1CCCC(C(N)=O)C1. The number of piperidine rings is 2. The average molecular weight is 339 g/mol. The van der Waals surface area contributed by atoms with E-state index in [0.717, 1.165) is 71.1 Å². The molecule has 138 valence electrons. The molecule has 0 aromatic rings. The number of hydrogen-bond donors (Lipinski definition) is 1. The number of nitrogens with zero attached hydrogens (tertiary/aromatic N) is 2. The summed E-state index contributed by atoms with van der Waals surface area (Å²) in [5.74, 6) is -0.331. The lowest BCUT2D eigenvalue weighted by Crippen LogP contribution is -2.52. The Bertz CT molecular complexity index is 416. The van der Waals surface area contributed by atoms with Crippen LogP contribution in [0.5, 0.6) is 0 Å². The molecule has 2 aliphatic rings. The summed E-state index contributed by atoms with van der Waals surface area (Å²) in [6.07, 6.45) is 8.12. The minimum atomic E-state index is -0.203. The highest BCUT2D eigenvalue weighted by molar-refractivity contribution is 5.77. The van der Waals surface area contributed by atoms with E-state index in [1.165, 1.54) is 0 Å². The summed E-state index contributed by atoms with van der Waals surface area (Å²) in [6, 6.07) is -0.130. The summed E-state index contributed by atoms with van der Waals surface area (Å²) in [5, 5.41) is 0. The molecule has 2 rings (SSSR count). The number of carbonyl (C=O) groups excluding carboxylic acids is 2. The van der Waals surface area contributed by atoms with Gasteiger partial charge in [0.2, 0.25) is 5.91 Å². The van der Waals surface area contributed by atoms with E-state index in [1.807, 2.05) is 0 Å². The summed E-state index contributed by atoms with van der Waals surface area (Å²) in [4.78, 5) is 28.4. The van der Waals surface area contributed by atoms with Gasteiger partial charge in [-0.1, -0.05) is 26.2 Å². The Morgan fingerprint density at radius 3 is 2.71 bits per heavy atom. The van der Waals surface area contributed by atoms with Gasteiger partial charge in [0.1, 0.15) is 6.04 Å². The molecule has 2 heterocycles. The van der Waals surface area contributed by atoms with Crippen LogP contribution in [0.2, 0.25) is 0 Å². The predicted octanol–water partition coefficient (Wildman–Crippen LogP) is 1.73. The van der Waals surface area contributed by atoms with Gasteiger partial charge in [-0.05, 0) is 38.6 Å². The number of likely N-dealkylation sites (tertiary alicyclic amines) is 2. The van der Waals surface area contributed by atoms with Gasteiger partial charge in [-0.15, -0.1) is 0 Å². The van der Waals surface area contributed by atoms with Crippen LogP contribution in [0, 0.1) is 5.92 Å². The normalized spacial score (nSPS) is 26.2. The number of ether oxygens (including phenoxy) is 1. The van der Waals surface area contributed by atoms with E-state index < -0.39 is 0 Å². The first-order chi connectivity index (χ1) is 11.6. The Morgan fingerprint density at radius 1 is 1.12 bits per heavy atom. The van der Waals surface area contributed by atoms with Crippen LogP contribution >= 0.6 is 0 Å². The van der Waals surface area contributed by atoms with E-state index in [9.17, 15) is 9.59 Å². The Labute approximate surface area is 145 Å². The van der Waals surface area contributed by atoms with Crippen molar-refractivity contribution < 1.29 is 14.3 Å². The molecule has 0 radical (unpaired) electrons. The van der Waals surface area contributed by atoms with Crippen molar-refractivity contribution in [3.05, 3.63) is 0 Å². The lowest BCUT2D eigenvalue weighted by atomic mass is 9.97. The number of nitrogens with two attached hydrogens (primary N) is 1. The van der Waals surface area contributed by atoms with Crippen molar-refractivity contribution >= 4 is 11.9 Å². The number of primary amides is 1. The summed E-state index contributed by atoms with van der Waals surface area (Å²) < 4.78 is 5.49. The van der Waals surface area contributed by atoms with Gasteiger partial charge >= 0.3 is 5.97 Å². The molecule has 24 heavy (non-hydrogen) atoms. The maximum absolute atomic E-state index is 12.4. The summed E-state index contributed by atoms with van der Waals surface area (Å²) >= 11 is 0. The third-order valence-electron chi connectivity index (χ3n) is 5.17. The first-order valence-corrected chi connectivity index (χ1v) is 9.54. The molecule has 2 saturated heterocycles. The molecule has 6 nitrogen and oxygen atoms in total. The van der Waals surface area contributed by atoms with Crippen LogP contribution in [0.25, 0.3) is 0 Å².